The second-order valence-corrected chi connectivity index (χ2v) is 6.22. The van der Waals surface area contributed by atoms with Gasteiger partial charge in [0.1, 0.15) is 0 Å². The van der Waals surface area contributed by atoms with E-state index in [-0.39, 0.29) is 0 Å². The normalized spacial score (nSPS) is 16.8. The zero-order chi connectivity index (χ0) is 14.4. The molecule has 1 aromatic carbocycles. The van der Waals surface area contributed by atoms with Crippen molar-refractivity contribution in [2.75, 3.05) is 14.2 Å². The number of hydrogen-bond donors (Lipinski definition) is 1. The van der Waals surface area contributed by atoms with E-state index in [0.717, 1.165) is 22.5 Å². The Kier molecular flexibility index (Phi) is 6.17. The first-order chi connectivity index (χ1) is 9.74. The second kappa shape index (κ2) is 7.89. The van der Waals surface area contributed by atoms with Gasteiger partial charge in [0.15, 0.2) is 11.5 Å². The van der Waals surface area contributed by atoms with Gasteiger partial charge in [-0.3, -0.25) is 0 Å². The molecule has 2 rings (SSSR count). The number of rotatable bonds is 5. The first kappa shape index (κ1) is 15.6. The van der Waals surface area contributed by atoms with Crippen LogP contribution in [-0.4, -0.2) is 20.3 Å². The van der Waals surface area contributed by atoms with Gasteiger partial charge in [0.2, 0.25) is 0 Å². The van der Waals surface area contributed by atoms with Gasteiger partial charge in [-0.25, -0.2) is 0 Å². The summed E-state index contributed by atoms with van der Waals surface area (Å²) in [6, 6.07) is 4.67. The van der Waals surface area contributed by atoms with E-state index < -0.39 is 0 Å². The summed E-state index contributed by atoms with van der Waals surface area (Å²) < 4.78 is 11.7. The summed E-state index contributed by atoms with van der Waals surface area (Å²) in [6.07, 6.45) is 8.07. The van der Waals surface area contributed by atoms with Gasteiger partial charge >= 0.3 is 0 Å². The Morgan fingerprint density at radius 1 is 1.05 bits per heavy atom. The predicted molar refractivity (Wildman–Crippen MR) is 85.6 cm³/mol. The molecule has 0 unspecified atom stereocenters. The average molecular weight is 342 g/mol. The molecule has 1 fully saturated rings. The summed E-state index contributed by atoms with van der Waals surface area (Å²) in [6.45, 7) is 0.867. The smallest absolute Gasteiger partial charge is 0.161 e. The van der Waals surface area contributed by atoms with Crippen molar-refractivity contribution in [1.82, 2.24) is 5.32 Å². The number of benzene rings is 1. The minimum atomic E-state index is 0.650. The molecule has 0 bridgehead atoms. The van der Waals surface area contributed by atoms with Crippen molar-refractivity contribution in [2.24, 2.45) is 0 Å². The van der Waals surface area contributed by atoms with Gasteiger partial charge in [-0.1, -0.05) is 41.6 Å². The molecule has 0 spiro atoms. The Morgan fingerprint density at radius 3 is 2.25 bits per heavy atom. The van der Waals surface area contributed by atoms with E-state index in [1.807, 2.05) is 12.1 Å². The van der Waals surface area contributed by atoms with Gasteiger partial charge in [0, 0.05) is 17.1 Å². The van der Waals surface area contributed by atoms with Crippen LogP contribution in [0, 0.1) is 0 Å². The Bertz CT molecular complexity index is 429. The van der Waals surface area contributed by atoms with Gasteiger partial charge in [-0.15, -0.1) is 0 Å². The lowest BCUT2D eigenvalue weighted by Gasteiger charge is -2.18. The van der Waals surface area contributed by atoms with Crippen LogP contribution in [0.5, 0.6) is 11.5 Å². The molecule has 3 nitrogen and oxygen atoms in total. The number of ether oxygens (including phenoxy) is 2. The molecule has 0 aromatic heterocycles. The third-order valence-corrected chi connectivity index (χ3v) is 4.73. The maximum atomic E-state index is 5.37. The number of hydrogen-bond acceptors (Lipinski definition) is 3. The molecule has 0 aliphatic heterocycles. The van der Waals surface area contributed by atoms with Crippen molar-refractivity contribution in [1.29, 1.82) is 0 Å². The topological polar surface area (TPSA) is 30.5 Å². The van der Waals surface area contributed by atoms with Crippen molar-refractivity contribution in [2.45, 2.75) is 51.1 Å². The van der Waals surface area contributed by atoms with Crippen LogP contribution in [0.3, 0.4) is 0 Å². The van der Waals surface area contributed by atoms with E-state index in [1.54, 1.807) is 14.2 Å². The quantitative estimate of drug-likeness (QED) is 0.811. The summed E-state index contributed by atoms with van der Waals surface area (Å²) >= 11 is 3.62. The van der Waals surface area contributed by atoms with Crippen LogP contribution in [0.1, 0.15) is 44.1 Å². The second-order valence-electron chi connectivity index (χ2n) is 5.37. The van der Waals surface area contributed by atoms with E-state index in [2.05, 4.69) is 21.2 Å². The molecule has 112 valence electrons. The molecule has 1 aliphatic rings. The zero-order valence-corrected chi connectivity index (χ0v) is 14.0. The Labute approximate surface area is 130 Å². The number of methoxy groups -OCH3 is 2. The maximum Gasteiger partial charge on any atom is 0.161 e. The summed E-state index contributed by atoms with van der Waals surface area (Å²) in [4.78, 5) is 0. The predicted octanol–water partition coefficient (Wildman–Crippen LogP) is 4.28. The fourth-order valence-electron chi connectivity index (χ4n) is 2.77. The molecule has 1 aromatic rings. The highest BCUT2D eigenvalue weighted by atomic mass is 79.9. The summed E-state index contributed by atoms with van der Waals surface area (Å²) in [5.41, 5.74) is 1.21. The van der Waals surface area contributed by atoms with Crippen LogP contribution in [0.25, 0.3) is 0 Å². The fourth-order valence-corrected chi connectivity index (χ4v) is 3.23. The lowest BCUT2D eigenvalue weighted by atomic mass is 10.1. The highest BCUT2D eigenvalue weighted by molar-refractivity contribution is 9.10. The van der Waals surface area contributed by atoms with E-state index in [9.17, 15) is 0 Å². The third kappa shape index (κ3) is 4.13. The molecule has 1 saturated carbocycles. The lowest BCUT2D eigenvalue weighted by Crippen LogP contribution is -2.28. The van der Waals surface area contributed by atoms with Gasteiger partial charge in [0.05, 0.1) is 14.2 Å². The van der Waals surface area contributed by atoms with Crippen LogP contribution in [-0.2, 0) is 6.54 Å². The van der Waals surface area contributed by atoms with Crippen LogP contribution in [0.2, 0.25) is 0 Å². The number of nitrogens with one attached hydrogen (secondary N) is 1. The van der Waals surface area contributed by atoms with Gasteiger partial charge < -0.3 is 14.8 Å². The first-order valence-corrected chi connectivity index (χ1v) is 8.17. The molecule has 4 heteroatoms. The van der Waals surface area contributed by atoms with Crippen molar-refractivity contribution in [3.05, 3.63) is 22.2 Å². The standard InChI is InChI=1S/C16H24BrNO2/c1-19-15-9-12(14(17)10-16(15)20-2)11-18-13-7-5-3-4-6-8-13/h9-10,13,18H,3-8,11H2,1-2H3. The van der Waals surface area contributed by atoms with Crippen molar-refractivity contribution < 1.29 is 9.47 Å². The Morgan fingerprint density at radius 2 is 1.65 bits per heavy atom. The van der Waals surface area contributed by atoms with Crippen LogP contribution in [0.15, 0.2) is 16.6 Å². The van der Waals surface area contributed by atoms with Crippen LogP contribution in [0.4, 0.5) is 0 Å². The zero-order valence-electron chi connectivity index (χ0n) is 12.4. The SMILES string of the molecule is COc1cc(Br)c(CNC2CCCCCC2)cc1OC. The highest BCUT2D eigenvalue weighted by Gasteiger charge is 2.14. The molecule has 20 heavy (non-hydrogen) atoms. The van der Waals surface area contributed by atoms with Crippen LogP contribution < -0.4 is 14.8 Å². The molecule has 0 radical (unpaired) electrons. The van der Waals surface area contributed by atoms with Gasteiger partial charge in [-0.05, 0) is 30.5 Å². The highest BCUT2D eigenvalue weighted by Crippen LogP contribution is 2.33. The average Bonchev–Trinajstić information content (AvgIpc) is 2.74. The molecular weight excluding hydrogens is 318 g/mol. The summed E-state index contributed by atoms with van der Waals surface area (Å²) in [5, 5.41) is 3.68. The summed E-state index contributed by atoms with van der Waals surface area (Å²) in [5.74, 6) is 1.55. The van der Waals surface area contributed by atoms with E-state index in [1.165, 1.54) is 44.1 Å². The lowest BCUT2D eigenvalue weighted by molar-refractivity contribution is 0.354. The summed E-state index contributed by atoms with van der Waals surface area (Å²) in [7, 11) is 3.34. The van der Waals surface area contributed by atoms with Gasteiger partial charge in [0.25, 0.3) is 0 Å². The molecule has 0 amide bonds. The van der Waals surface area contributed by atoms with Gasteiger partial charge in [-0.2, -0.15) is 0 Å². The van der Waals surface area contributed by atoms with Crippen molar-refractivity contribution in [3.8, 4) is 11.5 Å². The van der Waals surface area contributed by atoms with Crippen molar-refractivity contribution >= 4 is 15.9 Å². The Hall–Kier alpha value is -0.740. The molecule has 0 saturated heterocycles. The molecule has 0 atom stereocenters. The first-order valence-electron chi connectivity index (χ1n) is 7.38. The van der Waals surface area contributed by atoms with Crippen LogP contribution >= 0.6 is 15.9 Å². The van der Waals surface area contributed by atoms with E-state index >= 15 is 0 Å². The van der Waals surface area contributed by atoms with E-state index in [0.29, 0.717) is 6.04 Å². The van der Waals surface area contributed by atoms with Crippen molar-refractivity contribution in [3.63, 3.8) is 0 Å². The largest absolute Gasteiger partial charge is 0.493 e. The fraction of sp³-hybridized carbons (Fsp3) is 0.625. The number of halogens is 1. The molecular formula is C16H24BrNO2. The monoisotopic (exact) mass is 341 g/mol. The maximum absolute atomic E-state index is 5.37. The molecule has 0 heterocycles. The molecule has 1 aliphatic carbocycles. The Balaban J connectivity index is 2.01. The minimum absolute atomic E-state index is 0.650. The van der Waals surface area contributed by atoms with E-state index in [4.69, 9.17) is 9.47 Å². The third-order valence-electron chi connectivity index (χ3n) is 3.99. The minimum Gasteiger partial charge on any atom is -0.493 e. The molecule has 1 N–H and O–H groups in total.